The summed E-state index contributed by atoms with van der Waals surface area (Å²) >= 11 is 12.0. The van der Waals surface area contributed by atoms with Gasteiger partial charge in [-0.15, -0.1) is 0 Å². The zero-order valence-corrected chi connectivity index (χ0v) is 14.7. The third-order valence-corrected chi connectivity index (χ3v) is 4.07. The van der Waals surface area contributed by atoms with Gasteiger partial charge in [-0.25, -0.2) is 4.98 Å². The van der Waals surface area contributed by atoms with Crippen LogP contribution in [0, 0.1) is 0 Å². The molecule has 3 rings (SSSR count). The molecule has 0 fully saturated rings. The molecule has 0 radical (unpaired) electrons. The van der Waals surface area contributed by atoms with E-state index >= 15 is 0 Å². The van der Waals surface area contributed by atoms with E-state index in [1.165, 1.54) is 0 Å². The van der Waals surface area contributed by atoms with Crippen LogP contribution in [0.5, 0.6) is 0 Å². The number of halogens is 2. The fraction of sp³-hybridized carbons (Fsp3) is 0.167. The summed E-state index contributed by atoms with van der Waals surface area (Å²) < 4.78 is 5.67. The van der Waals surface area contributed by atoms with Crippen LogP contribution in [-0.2, 0) is 17.8 Å². The lowest BCUT2D eigenvalue weighted by molar-refractivity contribution is -0.121. The second kappa shape index (κ2) is 8.14. The molecule has 1 amide bonds. The van der Waals surface area contributed by atoms with Crippen LogP contribution >= 0.6 is 23.2 Å². The predicted octanol–water partition coefficient (Wildman–Crippen LogP) is 4.29. The molecule has 0 aliphatic rings. The molecule has 0 aliphatic carbocycles. The first kappa shape index (κ1) is 17.5. The summed E-state index contributed by atoms with van der Waals surface area (Å²) in [5.74, 6) is 0.967. The van der Waals surface area contributed by atoms with Crippen LogP contribution in [0.25, 0.3) is 11.3 Å². The third-order valence-electron chi connectivity index (χ3n) is 3.50. The third kappa shape index (κ3) is 4.81. The monoisotopic (exact) mass is 375 g/mol. The number of nitrogens with zero attached hydrogens (tertiary/aromatic N) is 2. The number of amides is 1. The van der Waals surface area contributed by atoms with E-state index < -0.39 is 0 Å². The predicted molar refractivity (Wildman–Crippen MR) is 96.4 cm³/mol. The minimum Gasteiger partial charge on any atom is -0.441 e. The van der Waals surface area contributed by atoms with E-state index in [0.717, 1.165) is 5.56 Å². The van der Waals surface area contributed by atoms with Gasteiger partial charge in [-0.1, -0.05) is 35.3 Å². The molecule has 2 heterocycles. The Hall–Kier alpha value is -2.37. The smallest absolute Gasteiger partial charge is 0.220 e. The molecule has 0 saturated heterocycles. The van der Waals surface area contributed by atoms with Crippen molar-refractivity contribution in [3.63, 3.8) is 0 Å². The first-order valence-electron chi connectivity index (χ1n) is 7.68. The van der Waals surface area contributed by atoms with Crippen molar-refractivity contribution >= 4 is 29.1 Å². The highest BCUT2D eigenvalue weighted by molar-refractivity contribution is 6.33. The lowest BCUT2D eigenvalue weighted by Crippen LogP contribution is -2.23. The van der Waals surface area contributed by atoms with Crippen molar-refractivity contribution in [2.45, 2.75) is 19.4 Å². The zero-order chi connectivity index (χ0) is 17.6. The first-order valence-corrected chi connectivity index (χ1v) is 8.44. The van der Waals surface area contributed by atoms with Gasteiger partial charge in [-0.3, -0.25) is 9.78 Å². The number of pyridine rings is 1. The van der Waals surface area contributed by atoms with Crippen LogP contribution in [0.15, 0.2) is 53.2 Å². The van der Waals surface area contributed by atoms with E-state index in [9.17, 15) is 4.79 Å². The molecule has 25 heavy (non-hydrogen) atoms. The quantitative estimate of drug-likeness (QED) is 0.697. The Bertz CT molecular complexity index is 880. The highest BCUT2D eigenvalue weighted by Crippen LogP contribution is 2.28. The topological polar surface area (TPSA) is 68.0 Å². The van der Waals surface area contributed by atoms with E-state index in [1.54, 1.807) is 30.6 Å². The molecular weight excluding hydrogens is 361 g/mol. The Kier molecular flexibility index (Phi) is 5.68. The minimum atomic E-state index is -0.112. The van der Waals surface area contributed by atoms with Crippen LogP contribution < -0.4 is 5.32 Å². The summed E-state index contributed by atoms with van der Waals surface area (Å²) in [5, 5.41) is 3.98. The number of benzene rings is 1. The van der Waals surface area contributed by atoms with Gasteiger partial charge in [0.2, 0.25) is 5.91 Å². The Labute approximate surface area is 155 Å². The molecule has 5 nitrogen and oxygen atoms in total. The van der Waals surface area contributed by atoms with E-state index in [1.807, 2.05) is 18.2 Å². The average Bonchev–Trinajstić information content (AvgIpc) is 3.07. The van der Waals surface area contributed by atoms with Crippen molar-refractivity contribution < 1.29 is 9.21 Å². The lowest BCUT2D eigenvalue weighted by atomic mass is 10.2. The van der Waals surface area contributed by atoms with Crippen LogP contribution in [0.4, 0.5) is 0 Å². The van der Waals surface area contributed by atoms with Crippen LogP contribution in [0.3, 0.4) is 0 Å². The van der Waals surface area contributed by atoms with Crippen molar-refractivity contribution in [2.75, 3.05) is 0 Å². The van der Waals surface area contributed by atoms with Crippen LogP contribution in [0.1, 0.15) is 18.0 Å². The highest BCUT2D eigenvalue weighted by atomic mass is 35.5. The number of hydrogen-bond acceptors (Lipinski definition) is 4. The van der Waals surface area contributed by atoms with Gasteiger partial charge in [0.15, 0.2) is 11.7 Å². The summed E-state index contributed by atoms with van der Waals surface area (Å²) in [6, 6.07) is 10.8. The molecule has 0 unspecified atom stereocenters. The van der Waals surface area contributed by atoms with Crippen molar-refractivity contribution in [1.82, 2.24) is 15.3 Å². The SMILES string of the molecule is O=C(CCc1ncc(-c2ccccc2Cl)o1)NCc1cc(Cl)ccn1. The molecular formula is C18H15Cl2N3O2. The summed E-state index contributed by atoms with van der Waals surface area (Å²) in [7, 11) is 0. The van der Waals surface area contributed by atoms with Gasteiger partial charge < -0.3 is 9.73 Å². The normalized spacial score (nSPS) is 10.6. The highest BCUT2D eigenvalue weighted by Gasteiger charge is 2.11. The Morgan fingerprint density at radius 1 is 1.16 bits per heavy atom. The van der Waals surface area contributed by atoms with Crippen LogP contribution in [0.2, 0.25) is 10.0 Å². The second-order valence-corrected chi connectivity index (χ2v) is 6.18. The Morgan fingerprint density at radius 2 is 2.00 bits per heavy atom. The summed E-state index contributed by atoms with van der Waals surface area (Å²) in [4.78, 5) is 20.3. The number of oxazole rings is 1. The molecule has 1 aromatic carbocycles. The van der Waals surface area contributed by atoms with Gasteiger partial charge in [-0.2, -0.15) is 0 Å². The van der Waals surface area contributed by atoms with Gasteiger partial charge in [0.1, 0.15) is 0 Å². The fourth-order valence-corrected chi connectivity index (χ4v) is 2.67. The number of nitrogens with one attached hydrogen (secondary N) is 1. The van der Waals surface area contributed by atoms with E-state index in [-0.39, 0.29) is 12.3 Å². The fourth-order valence-electron chi connectivity index (χ4n) is 2.25. The van der Waals surface area contributed by atoms with Crippen molar-refractivity contribution in [1.29, 1.82) is 0 Å². The zero-order valence-electron chi connectivity index (χ0n) is 13.2. The molecule has 0 spiro atoms. The Balaban J connectivity index is 1.52. The Morgan fingerprint density at radius 3 is 2.80 bits per heavy atom. The average molecular weight is 376 g/mol. The number of carbonyl (C=O) groups is 1. The van der Waals surface area contributed by atoms with Crippen LogP contribution in [-0.4, -0.2) is 15.9 Å². The minimum absolute atomic E-state index is 0.112. The number of hydrogen-bond donors (Lipinski definition) is 1. The van der Waals surface area contributed by atoms with E-state index in [2.05, 4.69) is 15.3 Å². The molecule has 0 saturated carbocycles. The van der Waals surface area contributed by atoms with Gasteiger partial charge in [0.05, 0.1) is 23.5 Å². The number of rotatable bonds is 6. The molecule has 7 heteroatoms. The molecule has 0 bridgehead atoms. The summed E-state index contributed by atoms with van der Waals surface area (Å²) in [6.45, 7) is 0.329. The van der Waals surface area contributed by atoms with Crippen molar-refractivity contribution in [3.8, 4) is 11.3 Å². The maximum absolute atomic E-state index is 11.9. The largest absolute Gasteiger partial charge is 0.441 e. The number of aromatic nitrogens is 2. The van der Waals surface area contributed by atoms with Crippen molar-refractivity contribution in [3.05, 3.63) is 70.4 Å². The molecule has 128 valence electrons. The maximum Gasteiger partial charge on any atom is 0.220 e. The number of carbonyl (C=O) groups excluding carboxylic acids is 1. The van der Waals surface area contributed by atoms with Crippen molar-refractivity contribution in [2.24, 2.45) is 0 Å². The standard InChI is InChI=1S/C18H15Cl2N3O2/c19-12-7-8-21-13(9-12)10-22-17(24)5-6-18-23-11-16(25-18)14-3-1-2-4-15(14)20/h1-4,7-9,11H,5-6,10H2,(H,22,24). The van der Waals surface area contributed by atoms with E-state index in [0.29, 0.717) is 40.4 Å². The molecule has 0 aliphatic heterocycles. The summed E-state index contributed by atoms with van der Waals surface area (Å²) in [6.07, 6.45) is 3.89. The molecule has 1 N–H and O–H groups in total. The molecule has 0 atom stereocenters. The van der Waals surface area contributed by atoms with Gasteiger partial charge in [-0.05, 0) is 24.3 Å². The van der Waals surface area contributed by atoms with E-state index in [4.69, 9.17) is 27.6 Å². The van der Waals surface area contributed by atoms with Gasteiger partial charge in [0, 0.05) is 29.6 Å². The first-order chi connectivity index (χ1) is 12.1. The second-order valence-electron chi connectivity index (χ2n) is 5.34. The lowest BCUT2D eigenvalue weighted by Gasteiger charge is -2.04. The maximum atomic E-state index is 11.9. The summed E-state index contributed by atoms with van der Waals surface area (Å²) in [5.41, 5.74) is 1.48. The number of aryl methyl sites for hydroxylation is 1. The molecule has 3 aromatic rings. The van der Waals surface area contributed by atoms with Gasteiger partial charge >= 0.3 is 0 Å². The van der Waals surface area contributed by atoms with Gasteiger partial charge in [0.25, 0.3) is 0 Å². The molecule has 2 aromatic heterocycles.